The zero-order valence-corrected chi connectivity index (χ0v) is 11.2. The Labute approximate surface area is 105 Å². The topological polar surface area (TPSA) is 29.9 Å². The van der Waals surface area contributed by atoms with Crippen LogP contribution in [0, 0.1) is 5.92 Å². The molecular formula is C14H25N3. The molecule has 2 rings (SSSR count). The molecule has 1 aromatic heterocycles. The maximum Gasteiger partial charge on any atom is 0.109 e. The zero-order valence-electron chi connectivity index (χ0n) is 11.2. The van der Waals surface area contributed by atoms with Gasteiger partial charge in [0.2, 0.25) is 0 Å². The minimum Gasteiger partial charge on any atom is -0.338 e. The van der Waals surface area contributed by atoms with Crippen LogP contribution in [0.25, 0.3) is 0 Å². The lowest BCUT2D eigenvalue weighted by Gasteiger charge is -2.24. The molecule has 1 aliphatic carbocycles. The second-order valence-corrected chi connectivity index (χ2v) is 5.26. The average Bonchev–Trinajstić information content (AvgIpc) is 2.96. The summed E-state index contributed by atoms with van der Waals surface area (Å²) in [6.45, 7) is 3.37. The third-order valence-corrected chi connectivity index (χ3v) is 3.95. The van der Waals surface area contributed by atoms with E-state index in [9.17, 15) is 0 Å². The van der Waals surface area contributed by atoms with Gasteiger partial charge in [0.1, 0.15) is 5.82 Å². The van der Waals surface area contributed by atoms with Crippen LogP contribution in [0.15, 0.2) is 12.4 Å². The van der Waals surface area contributed by atoms with E-state index in [1.807, 2.05) is 12.4 Å². The van der Waals surface area contributed by atoms with E-state index >= 15 is 0 Å². The van der Waals surface area contributed by atoms with Crippen molar-refractivity contribution in [1.82, 2.24) is 14.9 Å². The molecule has 1 heterocycles. The number of rotatable bonds is 6. The highest BCUT2D eigenvalue weighted by atomic mass is 15.0. The third kappa shape index (κ3) is 3.32. The number of nitrogens with zero attached hydrogens (tertiary/aromatic N) is 2. The summed E-state index contributed by atoms with van der Waals surface area (Å²) in [5.74, 6) is 2.07. The molecule has 1 unspecified atom stereocenters. The van der Waals surface area contributed by atoms with E-state index < -0.39 is 0 Å². The molecule has 1 fully saturated rings. The fourth-order valence-electron chi connectivity index (χ4n) is 2.88. The van der Waals surface area contributed by atoms with Crippen molar-refractivity contribution in [3.63, 3.8) is 0 Å². The molecule has 0 aromatic carbocycles. The lowest BCUT2D eigenvalue weighted by Crippen LogP contribution is -2.38. The average molecular weight is 235 g/mol. The standard InChI is InChI=1S/C14H25N3/c1-3-8-15-13(12-6-4-5-7-12)11-14-16-9-10-17(14)2/h9-10,12-13,15H,3-8,11H2,1-2H3. The molecule has 1 aromatic rings. The maximum absolute atomic E-state index is 4.46. The van der Waals surface area contributed by atoms with Crippen LogP contribution >= 0.6 is 0 Å². The summed E-state index contributed by atoms with van der Waals surface area (Å²) >= 11 is 0. The quantitative estimate of drug-likeness (QED) is 0.821. The molecule has 3 heteroatoms. The Hall–Kier alpha value is -0.830. The summed E-state index contributed by atoms with van der Waals surface area (Å²) in [6.07, 6.45) is 11.8. The highest BCUT2D eigenvalue weighted by Crippen LogP contribution is 2.29. The van der Waals surface area contributed by atoms with Crippen LogP contribution in [-0.4, -0.2) is 22.1 Å². The number of hydrogen-bond acceptors (Lipinski definition) is 2. The molecular weight excluding hydrogens is 210 g/mol. The van der Waals surface area contributed by atoms with Gasteiger partial charge in [-0.25, -0.2) is 4.98 Å². The molecule has 1 N–H and O–H groups in total. The highest BCUT2D eigenvalue weighted by Gasteiger charge is 2.25. The summed E-state index contributed by atoms with van der Waals surface area (Å²) in [5, 5.41) is 3.72. The van der Waals surface area contributed by atoms with Gasteiger partial charge in [-0.05, 0) is 31.7 Å². The molecule has 3 nitrogen and oxygen atoms in total. The molecule has 0 radical (unpaired) electrons. The zero-order chi connectivity index (χ0) is 12.1. The largest absolute Gasteiger partial charge is 0.338 e. The normalized spacial score (nSPS) is 18.7. The van der Waals surface area contributed by atoms with Gasteiger partial charge in [-0.3, -0.25) is 0 Å². The van der Waals surface area contributed by atoms with Gasteiger partial charge in [0.25, 0.3) is 0 Å². The Morgan fingerprint density at radius 2 is 2.24 bits per heavy atom. The van der Waals surface area contributed by atoms with E-state index in [2.05, 4.69) is 28.8 Å². The van der Waals surface area contributed by atoms with E-state index in [1.165, 1.54) is 37.9 Å². The summed E-state index contributed by atoms with van der Waals surface area (Å²) in [4.78, 5) is 4.46. The highest BCUT2D eigenvalue weighted by molar-refractivity contribution is 4.96. The Morgan fingerprint density at radius 3 is 2.82 bits per heavy atom. The minimum absolute atomic E-state index is 0.624. The van der Waals surface area contributed by atoms with E-state index in [-0.39, 0.29) is 0 Å². The molecule has 96 valence electrons. The van der Waals surface area contributed by atoms with Crippen molar-refractivity contribution in [2.75, 3.05) is 6.54 Å². The molecule has 0 spiro atoms. The van der Waals surface area contributed by atoms with Gasteiger partial charge in [0, 0.05) is 31.9 Å². The van der Waals surface area contributed by atoms with Crippen molar-refractivity contribution in [2.24, 2.45) is 13.0 Å². The van der Waals surface area contributed by atoms with Gasteiger partial charge in [-0.15, -0.1) is 0 Å². The summed E-state index contributed by atoms with van der Waals surface area (Å²) in [5.41, 5.74) is 0. The van der Waals surface area contributed by atoms with Crippen LogP contribution in [0.2, 0.25) is 0 Å². The number of hydrogen-bond donors (Lipinski definition) is 1. The first-order valence-electron chi connectivity index (χ1n) is 7.01. The number of nitrogens with one attached hydrogen (secondary N) is 1. The number of aromatic nitrogens is 2. The second kappa shape index (κ2) is 6.20. The van der Waals surface area contributed by atoms with Crippen molar-refractivity contribution in [3.8, 4) is 0 Å². The van der Waals surface area contributed by atoms with Crippen molar-refractivity contribution < 1.29 is 0 Å². The lowest BCUT2D eigenvalue weighted by atomic mass is 9.95. The van der Waals surface area contributed by atoms with Crippen molar-refractivity contribution in [2.45, 2.75) is 51.5 Å². The van der Waals surface area contributed by atoms with Crippen LogP contribution in [0.3, 0.4) is 0 Å². The Kier molecular flexibility index (Phi) is 4.60. The van der Waals surface area contributed by atoms with Crippen molar-refractivity contribution >= 4 is 0 Å². The molecule has 0 saturated heterocycles. The van der Waals surface area contributed by atoms with Gasteiger partial charge >= 0.3 is 0 Å². The Balaban J connectivity index is 1.97. The number of imidazole rings is 1. The lowest BCUT2D eigenvalue weighted by molar-refractivity contribution is 0.350. The smallest absolute Gasteiger partial charge is 0.109 e. The summed E-state index contributed by atoms with van der Waals surface area (Å²) in [7, 11) is 2.09. The summed E-state index contributed by atoms with van der Waals surface area (Å²) < 4.78 is 2.15. The monoisotopic (exact) mass is 235 g/mol. The first-order valence-corrected chi connectivity index (χ1v) is 7.01. The molecule has 0 bridgehead atoms. The van der Waals surface area contributed by atoms with Gasteiger partial charge in [0.05, 0.1) is 0 Å². The van der Waals surface area contributed by atoms with Gasteiger partial charge in [0.15, 0.2) is 0 Å². The second-order valence-electron chi connectivity index (χ2n) is 5.26. The first-order chi connectivity index (χ1) is 8.31. The van der Waals surface area contributed by atoms with Crippen LogP contribution in [-0.2, 0) is 13.5 Å². The van der Waals surface area contributed by atoms with Gasteiger partial charge < -0.3 is 9.88 Å². The fourth-order valence-corrected chi connectivity index (χ4v) is 2.88. The van der Waals surface area contributed by atoms with E-state index in [0.29, 0.717) is 6.04 Å². The minimum atomic E-state index is 0.624. The van der Waals surface area contributed by atoms with Crippen molar-refractivity contribution in [3.05, 3.63) is 18.2 Å². The number of aryl methyl sites for hydroxylation is 1. The van der Waals surface area contributed by atoms with Crippen LogP contribution < -0.4 is 5.32 Å². The van der Waals surface area contributed by atoms with E-state index in [4.69, 9.17) is 0 Å². The third-order valence-electron chi connectivity index (χ3n) is 3.95. The van der Waals surface area contributed by atoms with E-state index in [0.717, 1.165) is 18.9 Å². The molecule has 1 atom stereocenters. The van der Waals surface area contributed by atoms with Crippen LogP contribution in [0.5, 0.6) is 0 Å². The van der Waals surface area contributed by atoms with Gasteiger partial charge in [-0.2, -0.15) is 0 Å². The Bertz CT molecular complexity index is 326. The fraction of sp³-hybridized carbons (Fsp3) is 0.786. The van der Waals surface area contributed by atoms with Crippen molar-refractivity contribution in [1.29, 1.82) is 0 Å². The molecule has 1 saturated carbocycles. The first kappa shape index (κ1) is 12.6. The molecule has 0 aliphatic heterocycles. The Morgan fingerprint density at radius 1 is 1.47 bits per heavy atom. The predicted octanol–water partition coefficient (Wildman–Crippen LogP) is 2.52. The SMILES string of the molecule is CCCNC(Cc1nccn1C)C1CCCC1. The molecule has 1 aliphatic rings. The van der Waals surface area contributed by atoms with E-state index in [1.54, 1.807) is 0 Å². The predicted molar refractivity (Wildman–Crippen MR) is 71.0 cm³/mol. The summed E-state index contributed by atoms with van der Waals surface area (Å²) in [6, 6.07) is 0.624. The van der Waals surface area contributed by atoms with Gasteiger partial charge in [-0.1, -0.05) is 19.8 Å². The maximum atomic E-state index is 4.46. The molecule has 0 amide bonds. The van der Waals surface area contributed by atoms with Crippen LogP contribution in [0.1, 0.15) is 44.9 Å². The van der Waals surface area contributed by atoms with Crippen LogP contribution in [0.4, 0.5) is 0 Å². The molecule has 17 heavy (non-hydrogen) atoms.